The van der Waals surface area contributed by atoms with Crippen LogP contribution in [0.3, 0.4) is 0 Å². The van der Waals surface area contributed by atoms with Crippen LogP contribution in [0.25, 0.3) is 0 Å². The highest BCUT2D eigenvalue weighted by Gasteiger charge is 2.31. The monoisotopic (exact) mass is 319 g/mol. The van der Waals surface area contributed by atoms with E-state index < -0.39 is 12.2 Å². The number of rotatable bonds is 4. The van der Waals surface area contributed by atoms with E-state index in [1.807, 2.05) is 0 Å². The van der Waals surface area contributed by atoms with E-state index in [2.05, 4.69) is 10.1 Å². The van der Waals surface area contributed by atoms with Gasteiger partial charge in [0.1, 0.15) is 5.75 Å². The third-order valence-electron chi connectivity index (χ3n) is 2.62. The first-order chi connectivity index (χ1) is 9.87. The zero-order chi connectivity index (χ0) is 15.5. The van der Waals surface area contributed by atoms with Crippen molar-refractivity contribution in [3.8, 4) is 5.75 Å². The van der Waals surface area contributed by atoms with E-state index in [-0.39, 0.29) is 28.6 Å². The topological polar surface area (TPSA) is 21.3 Å². The van der Waals surface area contributed by atoms with Gasteiger partial charge in [-0.3, -0.25) is 0 Å². The summed E-state index contributed by atoms with van der Waals surface area (Å²) in [6.07, 6.45) is -4.78. The van der Waals surface area contributed by atoms with E-state index >= 15 is 0 Å². The molecule has 0 aliphatic carbocycles. The van der Waals surface area contributed by atoms with Crippen LogP contribution in [0, 0.1) is 5.82 Å². The Balaban J connectivity index is 2.15. The van der Waals surface area contributed by atoms with Crippen molar-refractivity contribution < 1.29 is 22.3 Å². The van der Waals surface area contributed by atoms with Crippen LogP contribution in [0.2, 0.25) is 5.02 Å². The molecule has 2 aromatic carbocycles. The van der Waals surface area contributed by atoms with Gasteiger partial charge in [0, 0.05) is 12.1 Å². The fraction of sp³-hybridized carbons (Fsp3) is 0.143. The summed E-state index contributed by atoms with van der Waals surface area (Å²) in [6.45, 7) is -0.0382. The van der Waals surface area contributed by atoms with Gasteiger partial charge in [0.15, 0.2) is 5.82 Å². The smallest absolute Gasteiger partial charge is 0.405 e. The summed E-state index contributed by atoms with van der Waals surface area (Å²) in [4.78, 5) is 0. The molecule has 0 spiro atoms. The Morgan fingerprint density at radius 3 is 2.48 bits per heavy atom. The van der Waals surface area contributed by atoms with Gasteiger partial charge in [0.05, 0.1) is 10.7 Å². The van der Waals surface area contributed by atoms with Gasteiger partial charge in [-0.1, -0.05) is 35.9 Å². The predicted molar refractivity (Wildman–Crippen MR) is 71.9 cm³/mol. The lowest BCUT2D eigenvalue weighted by Gasteiger charge is -2.14. The van der Waals surface area contributed by atoms with Crippen LogP contribution in [0.1, 0.15) is 5.56 Å². The number of hydrogen-bond acceptors (Lipinski definition) is 2. The summed E-state index contributed by atoms with van der Waals surface area (Å²) in [7, 11) is 0. The van der Waals surface area contributed by atoms with E-state index in [0.29, 0.717) is 0 Å². The molecule has 2 nitrogen and oxygen atoms in total. The molecular weight excluding hydrogens is 310 g/mol. The summed E-state index contributed by atoms with van der Waals surface area (Å²) in [5.41, 5.74) is 0.346. The van der Waals surface area contributed by atoms with Gasteiger partial charge in [-0.25, -0.2) is 4.39 Å². The van der Waals surface area contributed by atoms with Crippen LogP contribution in [-0.4, -0.2) is 6.36 Å². The van der Waals surface area contributed by atoms with Gasteiger partial charge < -0.3 is 10.1 Å². The number of benzene rings is 2. The fourth-order valence-corrected chi connectivity index (χ4v) is 1.88. The molecule has 2 rings (SSSR count). The Labute approximate surface area is 123 Å². The normalized spacial score (nSPS) is 11.3. The highest BCUT2D eigenvalue weighted by Crippen LogP contribution is 2.28. The van der Waals surface area contributed by atoms with Crippen molar-refractivity contribution >= 4 is 17.3 Å². The number of nitrogens with one attached hydrogen (secondary N) is 1. The Hall–Kier alpha value is -1.95. The third kappa shape index (κ3) is 4.26. The van der Waals surface area contributed by atoms with E-state index in [1.54, 1.807) is 6.07 Å². The summed E-state index contributed by atoms with van der Waals surface area (Å²) in [6, 6.07) is 9.98. The second-order valence-electron chi connectivity index (χ2n) is 4.11. The van der Waals surface area contributed by atoms with Crippen molar-refractivity contribution in [2.45, 2.75) is 12.9 Å². The Bertz CT molecular complexity index is 631. The minimum Gasteiger partial charge on any atom is -0.405 e. The molecule has 0 radical (unpaired) electrons. The number of halogens is 5. The fourth-order valence-electron chi connectivity index (χ4n) is 1.70. The van der Waals surface area contributed by atoms with E-state index in [0.717, 1.165) is 0 Å². The number of anilines is 1. The summed E-state index contributed by atoms with van der Waals surface area (Å²) >= 11 is 5.63. The van der Waals surface area contributed by atoms with Crippen LogP contribution < -0.4 is 10.1 Å². The first-order valence-corrected chi connectivity index (χ1v) is 6.26. The molecule has 0 amide bonds. The third-order valence-corrected chi connectivity index (χ3v) is 2.91. The van der Waals surface area contributed by atoms with E-state index in [1.165, 1.54) is 36.4 Å². The van der Waals surface area contributed by atoms with Gasteiger partial charge in [0.2, 0.25) is 0 Å². The molecule has 0 atom stereocenters. The molecule has 0 aliphatic heterocycles. The molecule has 21 heavy (non-hydrogen) atoms. The maximum absolute atomic E-state index is 13.7. The van der Waals surface area contributed by atoms with Crippen LogP contribution >= 0.6 is 11.6 Å². The zero-order valence-electron chi connectivity index (χ0n) is 10.5. The van der Waals surface area contributed by atoms with Crippen LogP contribution in [0.4, 0.5) is 23.2 Å². The average Bonchev–Trinajstić information content (AvgIpc) is 2.40. The summed E-state index contributed by atoms with van der Waals surface area (Å²) in [5.74, 6) is -0.992. The second-order valence-corrected chi connectivity index (χ2v) is 4.52. The summed E-state index contributed by atoms with van der Waals surface area (Å²) in [5, 5.41) is 2.62. The number of alkyl halides is 3. The van der Waals surface area contributed by atoms with Crippen molar-refractivity contribution in [2.75, 3.05) is 5.32 Å². The quantitative estimate of drug-likeness (QED) is 0.802. The first kappa shape index (κ1) is 15.4. The van der Waals surface area contributed by atoms with Crippen molar-refractivity contribution in [3.63, 3.8) is 0 Å². The van der Waals surface area contributed by atoms with Crippen molar-refractivity contribution in [1.29, 1.82) is 0 Å². The molecular formula is C14H10ClF4NO. The molecule has 0 heterocycles. The number of ether oxygens (including phenoxy) is 1. The Morgan fingerprint density at radius 1 is 1.05 bits per heavy atom. The maximum Gasteiger partial charge on any atom is 0.573 e. The predicted octanol–water partition coefficient (Wildman–Crippen LogP) is 4.99. The van der Waals surface area contributed by atoms with Gasteiger partial charge >= 0.3 is 6.36 Å². The van der Waals surface area contributed by atoms with E-state index in [4.69, 9.17) is 11.6 Å². The average molecular weight is 320 g/mol. The van der Waals surface area contributed by atoms with Crippen LogP contribution in [0.5, 0.6) is 5.75 Å². The minimum atomic E-state index is -4.78. The lowest BCUT2D eigenvalue weighted by atomic mass is 10.2. The largest absolute Gasteiger partial charge is 0.573 e. The van der Waals surface area contributed by atoms with Crippen molar-refractivity contribution in [3.05, 3.63) is 58.9 Å². The lowest BCUT2D eigenvalue weighted by molar-refractivity contribution is -0.274. The Kier molecular flexibility index (Phi) is 4.57. The number of para-hydroxylation sites is 1. The first-order valence-electron chi connectivity index (χ1n) is 5.88. The molecule has 7 heteroatoms. The molecule has 0 saturated heterocycles. The molecule has 0 aromatic heterocycles. The number of hydrogen-bond donors (Lipinski definition) is 1. The van der Waals surface area contributed by atoms with E-state index in [9.17, 15) is 17.6 Å². The molecule has 0 fully saturated rings. The highest BCUT2D eigenvalue weighted by molar-refractivity contribution is 6.31. The molecule has 1 N–H and O–H groups in total. The SMILES string of the molecule is Fc1c(Cl)cccc1NCc1ccccc1OC(F)(F)F. The Morgan fingerprint density at radius 2 is 1.76 bits per heavy atom. The van der Waals surface area contributed by atoms with Crippen molar-refractivity contribution in [2.24, 2.45) is 0 Å². The molecule has 0 aliphatic rings. The molecule has 0 saturated carbocycles. The highest BCUT2D eigenvalue weighted by atomic mass is 35.5. The molecule has 0 bridgehead atoms. The maximum atomic E-state index is 13.7. The minimum absolute atomic E-state index is 0.0382. The lowest BCUT2D eigenvalue weighted by Crippen LogP contribution is -2.18. The molecule has 112 valence electrons. The molecule has 0 unspecified atom stereocenters. The van der Waals surface area contributed by atoms with Gasteiger partial charge in [-0.2, -0.15) is 0 Å². The van der Waals surface area contributed by atoms with Gasteiger partial charge in [-0.05, 0) is 18.2 Å². The van der Waals surface area contributed by atoms with Crippen LogP contribution in [0.15, 0.2) is 42.5 Å². The van der Waals surface area contributed by atoms with Crippen LogP contribution in [-0.2, 0) is 6.54 Å². The molecule has 2 aromatic rings. The second kappa shape index (κ2) is 6.22. The standard InChI is InChI=1S/C14H10ClF4NO/c15-10-5-3-6-11(13(10)16)20-8-9-4-1-2-7-12(9)21-14(17,18)19/h1-7,20H,8H2. The van der Waals surface area contributed by atoms with Gasteiger partial charge in [-0.15, -0.1) is 13.2 Å². The van der Waals surface area contributed by atoms with Crippen molar-refractivity contribution in [1.82, 2.24) is 0 Å². The summed E-state index contributed by atoms with van der Waals surface area (Å²) < 4.78 is 54.4. The zero-order valence-corrected chi connectivity index (χ0v) is 11.3. The van der Waals surface area contributed by atoms with Gasteiger partial charge in [0.25, 0.3) is 0 Å².